The van der Waals surface area contributed by atoms with E-state index in [4.69, 9.17) is 13.9 Å². The molecular weight excluding hydrogens is 362 g/mol. The minimum absolute atomic E-state index is 0.251. The molecule has 0 fully saturated rings. The Morgan fingerprint density at radius 2 is 2.07 bits per heavy atom. The molecule has 2 aromatic heterocycles. The third-order valence-corrected chi connectivity index (χ3v) is 4.39. The zero-order valence-corrected chi connectivity index (χ0v) is 17.0. The second kappa shape index (κ2) is 7.69. The van der Waals surface area contributed by atoms with E-state index in [1.807, 2.05) is 33.9 Å². The van der Waals surface area contributed by atoms with Crippen molar-refractivity contribution in [2.45, 2.75) is 59.6 Å². The van der Waals surface area contributed by atoms with Crippen LogP contribution in [-0.2, 0) is 28.9 Å². The first-order chi connectivity index (χ1) is 13.2. The number of carbonyl (C=O) groups excluding carboxylic acids is 2. The Kier molecular flexibility index (Phi) is 5.49. The SMILES string of the molecule is CCOC(=O)c1oc2c(c1C)-c1nn(CCNC(=O)OC(C)(C)C)cc1CC2. The van der Waals surface area contributed by atoms with Gasteiger partial charge in [-0.15, -0.1) is 0 Å². The maximum Gasteiger partial charge on any atom is 0.407 e. The van der Waals surface area contributed by atoms with Crippen molar-refractivity contribution in [1.82, 2.24) is 15.1 Å². The summed E-state index contributed by atoms with van der Waals surface area (Å²) < 4.78 is 17.9. The standard InChI is InChI=1S/C20H27N3O5/c1-6-26-18(24)17-12(2)15-14(27-17)8-7-13-11-23(22-16(13)15)10-9-21-19(25)28-20(3,4)5/h11H,6-10H2,1-5H3,(H,21,25). The summed E-state index contributed by atoms with van der Waals surface area (Å²) in [5, 5.41) is 7.39. The second-order valence-electron chi connectivity index (χ2n) is 7.77. The number of amides is 1. The molecule has 2 heterocycles. The number of nitrogens with zero attached hydrogens (tertiary/aromatic N) is 2. The Balaban J connectivity index is 1.72. The zero-order valence-electron chi connectivity index (χ0n) is 17.0. The van der Waals surface area contributed by atoms with Crippen LogP contribution in [-0.4, -0.2) is 40.6 Å². The lowest BCUT2D eigenvalue weighted by Crippen LogP contribution is -2.34. The lowest BCUT2D eigenvalue weighted by Gasteiger charge is -2.19. The number of alkyl carbamates (subject to hydrolysis) is 1. The van der Waals surface area contributed by atoms with Crippen LogP contribution in [0.3, 0.4) is 0 Å². The monoisotopic (exact) mass is 389 g/mol. The van der Waals surface area contributed by atoms with Gasteiger partial charge in [0, 0.05) is 30.3 Å². The van der Waals surface area contributed by atoms with Crippen LogP contribution in [0.1, 0.15) is 55.1 Å². The van der Waals surface area contributed by atoms with Crippen molar-refractivity contribution in [2.24, 2.45) is 0 Å². The highest BCUT2D eigenvalue weighted by atomic mass is 16.6. The van der Waals surface area contributed by atoms with E-state index in [0.717, 1.165) is 34.6 Å². The molecule has 28 heavy (non-hydrogen) atoms. The normalized spacial score (nSPS) is 12.9. The predicted molar refractivity (Wildman–Crippen MR) is 102 cm³/mol. The molecule has 1 amide bonds. The summed E-state index contributed by atoms with van der Waals surface area (Å²) in [6.45, 7) is 10.3. The number of rotatable bonds is 5. The first kappa shape index (κ1) is 20.0. The molecule has 8 nitrogen and oxygen atoms in total. The summed E-state index contributed by atoms with van der Waals surface area (Å²) in [6, 6.07) is 0. The zero-order chi connectivity index (χ0) is 20.5. The topological polar surface area (TPSA) is 95.6 Å². The highest BCUT2D eigenvalue weighted by Crippen LogP contribution is 2.38. The molecule has 0 atom stereocenters. The molecule has 0 saturated heterocycles. The van der Waals surface area contributed by atoms with Gasteiger partial charge in [0.2, 0.25) is 5.76 Å². The second-order valence-corrected chi connectivity index (χ2v) is 7.77. The van der Waals surface area contributed by atoms with Crippen molar-refractivity contribution in [3.05, 3.63) is 28.8 Å². The average Bonchev–Trinajstić information content (AvgIpc) is 3.14. The van der Waals surface area contributed by atoms with Gasteiger partial charge in [-0.3, -0.25) is 4.68 Å². The maximum atomic E-state index is 12.1. The molecule has 2 aromatic rings. The molecule has 0 spiro atoms. The quantitative estimate of drug-likeness (QED) is 0.789. The van der Waals surface area contributed by atoms with E-state index in [2.05, 4.69) is 10.4 Å². The molecule has 1 aliphatic carbocycles. The fourth-order valence-electron chi connectivity index (χ4n) is 3.26. The number of esters is 1. The Hall–Kier alpha value is -2.77. The molecule has 0 bridgehead atoms. The average molecular weight is 389 g/mol. The number of nitrogens with one attached hydrogen (secondary N) is 1. The van der Waals surface area contributed by atoms with Crippen LogP contribution in [0.4, 0.5) is 4.79 Å². The van der Waals surface area contributed by atoms with Crippen molar-refractivity contribution in [2.75, 3.05) is 13.2 Å². The van der Waals surface area contributed by atoms with Gasteiger partial charge in [0.15, 0.2) is 0 Å². The number of hydrogen-bond acceptors (Lipinski definition) is 6. The number of fused-ring (bicyclic) bond motifs is 3. The number of aryl methyl sites for hydroxylation is 2. The summed E-state index contributed by atoms with van der Waals surface area (Å²) in [4.78, 5) is 23.9. The summed E-state index contributed by atoms with van der Waals surface area (Å²) in [5.74, 6) is 0.572. The Bertz CT molecular complexity index is 889. The van der Waals surface area contributed by atoms with E-state index >= 15 is 0 Å². The highest BCUT2D eigenvalue weighted by Gasteiger charge is 2.30. The molecule has 3 rings (SSSR count). The minimum Gasteiger partial charge on any atom is -0.460 e. The van der Waals surface area contributed by atoms with Crippen LogP contribution in [0.5, 0.6) is 0 Å². The van der Waals surface area contributed by atoms with Crippen LogP contribution in [0.2, 0.25) is 0 Å². The summed E-state index contributed by atoms with van der Waals surface area (Å²) in [7, 11) is 0. The van der Waals surface area contributed by atoms with E-state index in [1.54, 1.807) is 11.6 Å². The van der Waals surface area contributed by atoms with Gasteiger partial charge in [0.1, 0.15) is 11.4 Å². The van der Waals surface area contributed by atoms with Gasteiger partial charge in [-0.2, -0.15) is 5.10 Å². The van der Waals surface area contributed by atoms with Gasteiger partial charge in [-0.05, 0) is 46.6 Å². The number of aromatic nitrogens is 2. The number of carbonyl (C=O) groups is 2. The van der Waals surface area contributed by atoms with Gasteiger partial charge in [-0.1, -0.05) is 0 Å². The van der Waals surface area contributed by atoms with E-state index in [9.17, 15) is 9.59 Å². The molecule has 1 N–H and O–H groups in total. The number of ether oxygens (including phenoxy) is 2. The fourth-order valence-corrected chi connectivity index (χ4v) is 3.26. The molecule has 0 saturated carbocycles. The molecule has 0 radical (unpaired) electrons. The minimum atomic E-state index is -0.527. The van der Waals surface area contributed by atoms with Gasteiger partial charge < -0.3 is 19.2 Å². The van der Waals surface area contributed by atoms with Gasteiger partial charge in [0.05, 0.1) is 18.8 Å². The molecule has 0 unspecified atom stereocenters. The van der Waals surface area contributed by atoms with E-state index in [1.165, 1.54) is 0 Å². The first-order valence-electron chi connectivity index (χ1n) is 9.52. The van der Waals surface area contributed by atoms with Crippen LogP contribution in [0.15, 0.2) is 10.6 Å². The lowest BCUT2D eigenvalue weighted by molar-refractivity contribution is 0.0484. The fraction of sp³-hybridized carbons (Fsp3) is 0.550. The van der Waals surface area contributed by atoms with Gasteiger partial charge in [-0.25, -0.2) is 9.59 Å². The lowest BCUT2D eigenvalue weighted by atomic mass is 9.94. The van der Waals surface area contributed by atoms with Crippen molar-refractivity contribution in [3.63, 3.8) is 0 Å². The third kappa shape index (κ3) is 4.21. The van der Waals surface area contributed by atoms with Crippen LogP contribution < -0.4 is 5.32 Å². The van der Waals surface area contributed by atoms with Crippen molar-refractivity contribution in [1.29, 1.82) is 0 Å². The summed E-state index contributed by atoms with van der Waals surface area (Å²) in [5.41, 5.74) is 3.04. The van der Waals surface area contributed by atoms with Crippen LogP contribution >= 0.6 is 0 Å². The molecule has 0 aliphatic heterocycles. The molecule has 152 valence electrons. The van der Waals surface area contributed by atoms with Crippen molar-refractivity contribution >= 4 is 12.1 Å². The van der Waals surface area contributed by atoms with E-state index in [0.29, 0.717) is 26.1 Å². The van der Waals surface area contributed by atoms with E-state index in [-0.39, 0.29) is 5.76 Å². The maximum absolute atomic E-state index is 12.1. The molecule has 0 aromatic carbocycles. The molecular formula is C20H27N3O5. The Morgan fingerprint density at radius 1 is 1.32 bits per heavy atom. The van der Waals surface area contributed by atoms with Crippen molar-refractivity contribution < 1.29 is 23.5 Å². The summed E-state index contributed by atoms with van der Waals surface area (Å²) in [6.07, 6.45) is 3.03. The summed E-state index contributed by atoms with van der Waals surface area (Å²) >= 11 is 0. The smallest absolute Gasteiger partial charge is 0.407 e. The molecule has 8 heteroatoms. The van der Waals surface area contributed by atoms with Crippen LogP contribution in [0, 0.1) is 6.92 Å². The largest absolute Gasteiger partial charge is 0.460 e. The van der Waals surface area contributed by atoms with Crippen LogP contribution in [0.25, 0.3) is 11.3 Å². The van der Waals surface area contributed by atoms with Crippen molar-refractivity contribution in [3.8, 4) is 11.3 Å². The predicted octanol–water partition coefficient (Wildman–Crippen LogP) is 3.25. The number of furan rings is 1. The Morgan fingerprint density at radius 3 is 2.75 bits per heavy atom. The van der Waals surface area contributed by atoms with E-state index < -0.39 is 17.7 Å². The highest BCUT2D eigenvalue weighted by molar-refractivity contribution is 5.91. The molecule has 1 aliphatic rings. The Labute approximate surface area is 164 Å². The van der Waals surface area contributed by atoms with Gasteiger partial charge >= 0.3 is 12.1 Å². The first-order valence-corrected chi connectivity index (χ1v) is 9.52. The van der Waals surface area contributed by atoms with Gasteiger partial charge in [0.25, 0.3) is 0 Å². The number of hydrogen-bond donors (Lipinski definition) is 1. The third-order valence-electron chi connectivity index (χ3n) is 4.39.